The molecule has 0 bridgehead atoms. The van der Waals surface area contributed by atoms with Crippen molar-refractivity contribution < 1.29 is 19.1 Å². The van der Waals surface area contributed by atoms with E-state index >= 15 is 0 Å². The maximum Gasteiger partial charge on any atom is 0.333 e. The molecule has 2 aliphatic rings. The number of carbonyl (C=O) groups excluding carboxylic acids is 2. The number of fused-ring (bicyclic) bond motifs is 1. The second-order valence-electron chi connectivity index (χ2n) is 10.2. The second kappa shape index (κ2) is 7.94. The Balaban J connectivity index is 1.76. The fourth-order valence-corrected chi connectivity index (χ4v) is 4.80. The summed E-state index contributed by atoms with van der Waals surface area (Å²) in [5, 5.41) is 2.74. The monoisotopic (exact) mass is 448 g/mol. The Kier molecular flexibility index (Phi) is 5.51. The number of nitrogens with zero attached hydrogens (tertiary/aromatic N) is 1. The number of ether oxygens (including phenoxy) is 2. The molecule has 0 saturated carbocycles. The first-order valence-electron chi connectivity index (χ1n) is 11.2. The van der Waals surface area contributed by atoms with Crippen molar-refractivity contribution in [3.05, 3.63) is 58.3 Å². The molecule has 1 fully saturated rings. The zero-order chi connectivity index (χ0) is 24.1. The topological polar surface area (TPSA) is 67.9 Å². The standard InChI is InChI=1S/C27H32N2O4/c1-16-12-19-20(27(4,5)11-10-26(19,2)3)15-22(16)29-24(30)21(28-25(29)31)13-17-8-9-18(32-6)14-23(17)33-7/h8-9,12-15H,10-11H2,1-7H3,(H,28,31). The van der Waals surface area contributed by atoms with Gasteiger partial charge in [-0.25, -0.2) is 9.69 Å². The Labute approximate surface area is 195 Å². The fourth-order valence-electron chi connectivity index (χ4n) is 4.80. The van der Waals surface area contributed by atoms with E-state index in [9.17, 15) is 9.59 Å². The van der Waals surface area contributed by atoms with E-state index in [1.165, 1.54) is 16.0 Å². The number of hydrogen-bond acceptors (Lipinski definition) is 4. The molecular weight excluding hydrogens is 416 g/mol. The average molecular weight is 449 g/mol. The number of imide groups is 1. The van der Waals surface area contributed by atoms with E-state index in [1.54, 1.807) is 38.5 Å². The number of benzene rings is 2. The van der Waals surface area contributed by atoms with Crippen LogP contribution in [0, 0.1) is 6.92 Å². The molecule has 0 spiro atoms. The number of anilines is 1. The molecule has 1 aliphatic heterocycles. The highest BCUT2D eigenvalue weighted by Gasteiger charge is 2.41. The summed E-state index contributed by atoms with van der Waals surface area (Å²) in [5.74, 6) is 0.817. The Hall–Kier alpha value is -3.28. The van der Waals surface area contributed by atoms with Crippen molar-refractivity contribution in [1.29, 1.82) is 0 Å². The van der Waals surface area contributed by atoms with Crippen LogP contribution in [-0.2, 0) is 15.6 Å². The molecule has 33 heavy (non-hydrogen) atoms. The number of carbonyl (C=O) groups is 2. The number of nitrogens with one attached hydrogen (secondary N) is 1. The molecule has 2 aromatic rings. The zero-order valence-electron chi connectivity index (χ0n) is 20.5. The molecule has 3 amide bonds. The second-order valence-corrected chi connectivity index (χ2v) is 10.2. The summed E-state index contributed by atoms with van der Waals surface area (Å²) in [7, 11) is 3.13. The van der Waals surface area contributed by atoms with Gasteiger partial charge in [0.1, 0.15) is 17.2 Å². The fraction of sp³-hybridized carbons (Fsp3) is 0.407. The van der Waals surface area contributed by atoms with Crippen LogP contribution < -0.4 is 19.7 Å². The lowest BCUT2D eigenvalue weighted by Crippen LogP contribution is -2.36. The summed E-state index contributed by atoms with van der Waals surface area (Å²) in [6, 6.07) is 9.06. The number of amides is 3. The van der Waals surface area contributed by atoms with Gasteiger partial charge in [0.2, 0.25) is 0 Å². The summed E-state index contributed by atoms with van der Waals surface area (Å²) in [5.41, 5.74) is 4.95. The van der Waals surface area contributed by atoms with E-state index in [-0.39, 0.29) is 22.4 Å². The van der Waals surface area contributed by atoms with Crippen molar-refractivity contribution in [1.82, 2.24) is 5.32 Å². The van der Waals surface area contributed by atoms with Gasteiger partial charge < -0.3 is 14.8 Å². The molecule has 1 heterocycles. The van der Waals surface area contributed by atoms with E-state index in [4.69, 9.17) is 9.47 Å². The molecule has 1 saturated heterocycles. The lowest BCUT2D eigenvalue weighted by Gasteiger charge is -2.42. The van der Waals surface area contributed by atoms with E-state index in [0.717, 1.165) is 18.4 Å². The molecule has 2 aromatic carbocycles. The SMILES string of the molecule is COc1ccc(C=C2NC(=O)N(c3cc4c(cc3C)C(C)(C)CCC4(C)C)C2=O)c(OC)c1. The van der Waals surface area contributed by atoms with Gasteiger partial charge in [0.25, 0.3) is 5.91 Å². The maximum absolute atomic E-state index is 13.4. The minimum atomic E-state index is -0.449. The minimum Gasteiger partial charge on any atom is -0.497 e. The van der Waals surface area contributed by atoms with Crippen molar-refractivity contribution in [3.63, 3.8) is 0 Å². The highest BCUT2D eigenvalue weighted by atomic mass is 16.5. The first-order valence-corrected chi connectivity index (χ1v) is 11.2. The van der Waals surface area contributed by atoms with E-state index < -0.39 is 6.03 Å². The third-order valence-electron chi connectivity index (χ3n) is 7.03. The first kappa shape index (κ1) is 22.9. The molecule has 1 aliphatic carbocycles. The molecule has 6 heteroatoms. The maximum atomic E-state index is 13.4. The van der Waals surface area contributed by atoms with Crippen LogP contribution >= 0.6 is 0 Å². The predicted molar refractivity (Wildman–Crippen MR) is 130 cm³/mol. The van der Waals surface area contributed by atoms with Crippen LogP contribution in [0.4, 0.5) is 10.5 Å². The minimum absolute atomic E-state index is 0.0261. The van der Waals surface area contributed by atoms with Gasteiger partial charge in [0.15, 0.2) is 0 Å². The van der Waals surface area contributed by atoms with Crippen LogP contribution in [0.3, 0.4) is 0 Å². The zero-order valence-corrected chi connectivity index (χ0v) is 20.5. The van der Waals surface area contributed by atoms with Crippen molar-refractivity contribution in [2.24, 2.45) is 0 Å². The molecule has 0 atom stereocenters. The Morgan fingerprint density at radius 3 is 2.18 bits per heavy atom. The highest BCUT2D eigenvalue weighted by Crippen LogP contribution is 2.48. The van der Waals surface area contributed by atoms with Gasteiger partial charge >= 0.3 is 6.03 Å². The lowest BCUT2D eigenvalue weighted by atomic mass is 9.63. The van der Waals surface area contributed by atoms with Crippen molar-refractivity contribution in [2.75, 3.05) is 19.1 Å². The average Bonchev–Trinajstić information content (AvgIpc) is 3.04. The first-order chi connectivity index (χ1) is 15.5. The molecule has 174 valence electrons. The Morgan fingerprint density at radius 1 is 0.939 bits per heavy atom. The van der Waals surface area contributed by atoms with Gasteiger partial charge in [0.05, 0.1) is 19.9 Å². The smallest absolute Gasteiger partial charge is 0.333 e. The molecule has 0 aromatic heterocycles. The third kappa shape index (κ3) is 3.88. The van der Waals surface area contributed by atoms with Crippen molar-refractivity contribution in [3.8, 4) is 11.5 Å². The van der Waals surface area contributed by atoms with Crippen molar-refractivity contribution in [2.45, 2.75) is 58.3 Å². The third-order valence-corrected chi connectivity index (χ3v) is 7.03. The van der Waals surface area contributed by atoms with E-state index in [2.05, 4.69) is 39.1 Å². The molecule has 4 rings (SSSR count). The van der Waals surface area contributed by atoms with Gasteiger partial charge in [-0.3, -0.25) is 4.79 Å². The van der Waals surface area contributed by atoms with Gasteiger partial charge in [-0.2, -0.15) is 0 Å². The van der Waals surface area contributed by atoms with Gasteiger partial charge in [0, 0.05) is 11.6 Å². The van der Waals surface area contributed by atoms with Crippen LogP contribution in [0.1, 0.15) is 62.8 Å². The summed E-state index contributed by atoms with van der Waals surface area (Å²) in [6.45, 7) is 10.9. The number of hydrogen-bond donors (Lipinski definition) is 1. The highest BCUT2D eigenvalue weighted by molar-refractivity contribution is 6.28. The Bertz CT molecular complexity index is 1180. The summed E-state index contributed by atoms with van der Waals surface area (Å²) >= 11 is 0. The molecule has 1 N–H and O–H groups in total. The summed E-state index contributed by atoms with van der Waals surface area (Å²) < 4.78 is 10.7. The predicted octanol–water partition coefficient (Wildman–Crippen LogP) is 5.46. The molecule has 0 unspecified atom stereocenters. The van der Waals surface area contributed by atoms with Gasteiger partial charge in [-0.1, -0.05) is 33.8 Å². The summed E-state index contributed by atoms with van der Waals surface area (Å²) in [6.07, 6.45) is 3.79. The number of rotatable bonds is 4. The number of methoxy groups -OCH3 is 2. The van der Waals surface area contributed by atoms with Crippen LogP contribution in [0.25, 0.3) is 6.08 Å². The van der Waals surface area contributed by atoms with Crippen molar-refractivity contribution >= 4 is 23.7 Å². The largest absolute Gasteiger partial charge is 0.497 e. The van der Waals surface area contributed by atoms with Gasteiger partial charge in [-0.05, 0) is 71.6 Å². The van der Waals surface area contributed by atoms with Crippen LogP contribution in [0.15, 0.2) is 36.0 Å². The van der Waals surface area contributed by atoms with Crippen LogP contribution in [0.2, 0.25) is 0 Å². The molecule has 0 radical (unpaired) electrons. The molecule has 6 nitrogen and oxygen atoms in total. The Morgan fingerprint density at radius 2 is 1.58 bits per heavy atom. The normalized spacial score (nSPS) is 20.0. The number of aryl methyl sites for hydroxylation is 1. The van der Waals surface area contributed by atoms with Crippen LogP contribution in [0.5, 0.6) is 11.5 Å². The summed E-state index contributed by atoms with van der Waals surface area (Å²) in [4.78, 5) is 27.6. The lowest BCUT2D eigenvalue weighted by molar-refractivity contribution is -0.113. The quantitative estimate of drug-likeness (QED) is 0.498. The van der Waals surface area contributed by atoms with E-state index in [0.29, 0.717) is 22.7 Å². The van der Waals surface area contributed by atoms with Gasteiger partial charge in [-0.15, -0.1) is 0 Å². The van der Waals surface area contributed by atoms with E-state index in [1.807, 2.05) is 13.0 Å². The number of urea groups is 1. The van der Waals surface area contributed by atoms with Crippen LogP contribution in [-0.4, -0.2) is 26.2 Å². The molecular formula is C27H32N2O4.